The maximum atomic E-state index is 9.55. The van der Waals surface area contributed by atoms with Crippen LogP contribution in [0.15, 0.2) is 291 Å². The maximum absolute atomic E-state index is 9.55. The van der Waals surface area contributed by atoms with Crippen LogP contribution >= 0.6 is 0 Å². The van der Waals surface area contributed by atoms with E-state index in [2.05, 4.69) is 239 Å². The van der Waals surface area contributed by atoms with Gasteiger partial charge in [0.1, 0.15) is 0 Å². The van der Waals surface area contributed by atoms with Crippen molar-refractivity contribution < 1.29 is 13.7 Å². The number of hydrogen-bond acceptors (Lipinski definition) is 2. The van der Waals surface area contributed by atoms with Crippen LogP contribution in [0.1, 0.15) is 115 Å². The monoisotopic (exact) mass is 1230 g/mol. The van der Waals surface area contributed by atoms with E-state index in [-0.39, 0.29) is 46.1 Å². The van der Waals surface area contributed by atoms with Gasteiger partial charge in [-0.2, -0.15) is 0 Å². The Morgan fingerprint density at radius 2 is 0.737 bits per heavy atom. The summed E-state index contributed by atoms with van der Waals surface area (Å²) in [6.45, 7) is 20.3. The van der Waals surface area contributed by atoms with Crippen molar-refractivity contribution in [2.75, 3.05) is 9.80 Å². The molecule has 2 aliphatic rings. The van der Waals surface area contributed by atoms with E-state index in [1.54, 1.807) is 0 Å². The molecule has 13 aromatic carbocycles. The molecular weight excluding hydrogens is 1150 g/mol. The van der Waals surface area contributed by atoms with Gasteiger partial charge in [-0.05, 0) is 180 Å². The molecule has 17 rings (SSSR count). The second kappa shape index (κ2) is 21.8. The average Bonchev–Trinajstić information content (AvgIpc) is 1.54. The molecule has 0 saturated carbocycles. The van der Waals surface area contributed by atoms with Gasteiger partial charge in [0, 0.05) is 44.4 Å². The summed E-state index contributed by atoms with van der Waals surface area (Å²) in [6.07, 6.45) is 0. The Morgan fingerprint density at radius 1 is 0.284 bits per heavy atom. The second-order valence-corrected chi connectivity index (χ2v) is 28.6. The van der Waals surface area contributed by atoms with E-state index in [0.29, 0.717) is 16.8 Å². The molecule has 95 heavy (non-hydrogen) atoms. The molecule has 0 aliphatic carbocycles. The lowest BCUT2D eigenvalue weighted by Crippen LogP contribution is -2.30. The van der Waals surface area contributed by atoms with Crippen LogP contribution in [0.4, 0.5) is 34.1 Å². The highest BCUT2D eigenvalue weighted by atomic mass is 15.2. The maximum Gasteiger partial charge on any atom is 0.0783 e. The van der Waals surface area contributed by atoms with Gasteiger partial charge in [0.25, 0.3) is 0 Å². The lowest BCUT2D eigenvalue weighted by Gasteiger charge is -2.46. The molecule has 15 aromatic rings. The largest absolute Gasteiger partial charge is 0.310 e. The Labute approximate surface area is 572 Å². The third kappa shape index (κ3) is 9.55. The van der Waals surface area contributed by atoms with Crippen molar-refractivity contribution in [3.63, 3.8) is 0 Å². The van der Waals surface area contributed by atoms with Crippen LogP contribution in [0.2, 0.25) is 0 Å². The molecule has 0 fully saturated rings. The molecule has 0 radical (unpaired) electrons. The van der Waals surface area contributed by atoms with Crippen LogP contribution in [-0.2, 0) is 16.2 Å². The van der Waals surface area contributed by atoms with Crippen LogP contribution in [-0.4, -0.2) is 9.13 Å². The molecule has 0 amide bonds. The summed E-state index contributed by atoms with van der Waals surface area (Å²) in [5.41, 5.74) is 21.2. The Morgan fingerprint density at radius 3 is 1.23 bits per heavy atom. The van der Waals surface area contributed by atoms with Crippen molar-refractivity contribution in [3.8, 4) is 55.9 Å². The van der Waals surface area contributed by atoms with E-state index in [1.807, 2.05) is 72.8 Å². The molecule has 4 heteroatoms. The first-order valence-electron chi connectivity index (χ1n) is 37.9. The zero-order valence-corrected chi connectivity index (χ0v) is 54.8. The third-order valence-electron chi connectivity index (χ3n) is 19.7. The third-order valence-corrected chi connectivity index (χ3v) is 19.7. The number of hydrogen-bond donors (Lipinski definition) is 0. The summed E-state index contributed by atoms with van der Waals surface area (Å²) in [4.78, 5) is 4.68. The summed E-state index contributed by atoms with van der Waals surface area (Å²) < 4.78 is 96.3. The number of anilines is 6. The molecule has 0 bridgehead atoms. The van der Waals surface area contributed by atoms with Gasteiger partial charge in [0.15, 0.2) is 0 Å². The molecule has 2 aliphatic heterocycles. The number of rotatable bonds is 8. The lowest BCUT2D eigenvalue weighted by molar-refractivity contribution is 0.589. The quantitative estimate of drug-likeness (QED) is 0.151. The van der Waals surface area contributed by atoms with E-state index < -0.39 is 47.6 Å². The fraction of sp³-hybridized carbons (Fsp3) is 0.143. The highest BCUT2D eigenvalue weighted by molar-refractivity contribution is 6.19. The van der Waals surface area contributed by atoms with Gasteiger partial charge in [-0.15, -0.1) is 0 Å². The standard InChI is InChI=1S/C91H76N4/c1-89(2,3)66-43-47-77-75(54-66)76-55-67(90(4,5)6)44-48-78(76)94(77)79-39-25-37-71-72-38-26-40-80(88(72)93(87(71)79)69-35-23-14-24-36-69)95-82-53-63(59-29-17-11-18-30-59)42-46-74(82)85-73-45-41-62(58-27-15-10-16-28-58)52-81(73)92(83-56-68(91(7,8)9)57-84(95)86(83)85)70-50-64(60-31-19-12-20-32-60)49-65(51-70)61-33-21-13-22-34-61/h10-57,85H,1-9H3/i10D,11D,15D,16D,17D,18D,27D,28D,29D,30D. The van der Waals surface area contributed by atoms with E-state index in [4.69, 9.17) is 8.22 Å². The predicted molar refractivity (Wildman–Crippen MR) is 403 cm³/mol. The van der Waals surface area contributed by atoms with Crippen molar-refractivity contribution in [1.29, 1.82) is 0 Å². The van der Waals surface area contributed by atoms with Gasteiger partial charge >= 0.3 is 0 Å². The lowest BCUT2D eigenvalue weighted by atomic mass is 9.73. The fourth-order valence-electron chi connectivity index (χ4n) is 14.9. The highest BCUT2D eigenvalue weighted by Crippen LogP contribution is 2.63. The minimum Gasteiger partial charge on any atom is -0.310 e. The molecule has 0 spiro atoms. The first kappa shape index (κ1) is 47.9. The SMILES string of the molecule is [2H]c1c([2H])c([2H])c(-c2ccc3c(c2)N(c2cc(-c4ccccc4)cc(-c4ccccc4)c2)c2cc(C(C)(C)C)cc4c2C3c2ccc(-c3c([2H])c([2H])c([2H])c([2H])c3[2H])cc2N4c2cccc3c4cccc(-n5c6ccc(C(C)(C)C)cc6c6cc(C(C)(C)C)ccc65)c4n(-c4ccccc4)c23)c([2H])c1[2H]. The normalized spacial score (nSPS) is 15.3. The van der Waals surface area contributed by atoms with Crippen LogP contribution in [0, 0.1) is 0 Å². The first-order chi connectivity index (χ1) is 50.2. The number of nitrogens with zero attached hydrogens (tertiary/aromatic N) is 4. The highest BCUT2D eigenvalue weighted by Gasteiger charge is 2.43. The predicted octanol–water partition coefficient (Wildman–Crippen LogP) is 25.2. The number of benzene rings is 13. The van der Waals surface area contributed by atoms with Gasteiger partial charge < -0.3 is 18.9 Å². The van der Waals surface area contributed by atoms with Crippen LogP contribution in [0.5, 0.6) is 0 Å². The number of para-hydroxylation sites is 3. The zero-order valence-electron chi connectivity index (χ0n) is 64.8. The first-order valence-corrected chi connectivity index (χ1v) is 32.9. The number of fused-ring (bicyclic) bond motifs is 10. The van der Waals surface area contributed by atoms with Gasteiger partial charge in [0.2, 0.25) is 0 Å². The molecule has 2 aromatic heterocycles. The smallest absolute Gasteiger partial charge is 0.0783 e. The van der Waals surface area contributed by atoms with Crippen molar-refractivity contribution in [2.45, 2.75) is 84.5 Å². The zero-order chi connectivity index (χ0) is 73.4. The van der Waals surface area contributed by atoms with Gasteiger partial charge in [-0.3, -0.25) is 0 Å². The topological polar surface area (TPSA) is 16.3 Å². The van der Waals surface area contributed by atoms with E-state index >= 15 is 0 Å². The summed E-state index contributed by atoms with van der Waals surface area (Å²) in [5, 5.41) is 4.36. The van der Waals surface area contributed by atoms with Crippen molar-refractivity contribution in [1.82, 2.24) is 9.13 Å². The summed E-state index contributed by atoms with van der Waals surface area (Å²) in [5.74, 6) is -0.561. The van der Waals surface area contributed by atoms with Crippen LogP contribution in [0.3, 0.4) is 0 Å². The van der Waals surface area contributed by atoms with Gasteiger partial charge in [-0.25, -0.2) is 0 Å². The summed E-state index contributed by atoms with van der Waals surface area (Å²) in [7, 11) is 0. The van der Waals surface area contributed by atoms with Gasteiger partial charge in [0.05, 0.1) is 69.9 Å². The van der Waals surface area contributed by atoms with E-state index in [9.17, 15) is 5.48 Å². The van der Waals surface area contributed by atoms with Gasteiger partial charge in [-0.1, -0.05) is 262 Å². The minimum absolute atomic E-state index is 0.0707. The van der Waals surface area contributed by atoms with E-state index in [1.165, 1.54) is 21.9 Å². The van der Waals surface area contributed by atoms with Crippen molar-refractivity contribution >= 4 is 77.7 Å². The Balaban J connectivity index is 1.03. The molecule has 0 N–H and O–H groups in total. The average molecular weight is 1240 g/mol. The minimum atomic E-state index is -0.561. The van der Waals surface area contributed by atoms with E-state index in [0.717, 1.165) is 117 Å². The fourth-order valence-corrected chi connectivity index (χ4v) is 14.9. The Bertz CT molecular complexity index is 5990. The Kier molecular flexibility index (Phi) is 11.0. The Hall–Kier alpha value is -10.9. The van der Waals surface area contributed by atoms with Crippen LogP contribution in [0.25, 0.3) is 99.5 Å². The molecule has 1 unspecified atom stereocenters. The van der Waals surface area contributed by atoms with Crippen molar-refractivity contribution in [3.05, 3.63) is 324 Å². The molecule has 0 saturated heterocycles. The molecular formula is C91H76N4. The second-order valence-electron chi connectivity index (χ2n) is 28.6. The van der Waals surface area contributed by atoms with Crippen LogP contribution < -0.4 is 9.80 Å². The summed E-state index contributed by atoms with van der Waals surface area (Å²) >= 11 is 0. The molecule has 1 atom stereocenters. The molecule has 4 heterocycles. The molecule has 4 nitrogen and oxygen atoms in total. The number of aromatic nitrogens is 2. The summed E-state index contributed by atoms with van der Waals surface area (Å²) in [6, 6.07) is 77.6. The van der Waals surface area contributed by atoms with Crippen molar-refractivity contribution in [2.24, 2.45) is 0 Å². The molecule has 460 valence electrons.